The standard InChI is InChI=1S/C58H54N2/c1-56(2,3)40-29-23-37(24-30-40)46-35-48(58(7,8)9)53(36-47(46)57(4,5)6)59(41-17-11-10-12-18-41)51-33-27-38-26-32-45-52(34-28-39-25-31-44(51)54(38)55(39)45)60-49-21-15-13-19-42(49)43-20-14-16-22-50(43)60/h10-36H,1-9H3. The fourth-order valence-electron chi connectivity index (χ4n) is 9.71. The average molecular weight is 779 g/mol. The number of benzene rings is 9. The Morgan fingerprint density at radius 3 is 1.53 bits per heavy atom. The second-order valence-electron chi connectivity index (χ2n) is 19.9. The van der Waals surface area contributed by atoms with Gasteiger partial charge in [0.05, 0.1) is 28.1 Å². The van der Waals surface area contributed by atoms with Crippen molar-refractivity contribution in [1.82, 2.24) is 4.57 Å². The molecule has 2 heteroatoms. The zero-order chi connectivity index (χ0) is 41.7. The summed E-state index contributed by atoms with van der Waals surface area (Å²) in [5.74, 6) is 0. The van der Waals surface area contributed by atoms with E-state index in [-0.39, 0.29) is 16.2 Å². The van der Waals surface area contributed by atoms with Crippen LogP contribution >= 0.6 is 0 Å². The van der Waals surface area contributed by atoms with E-state index in [2.05, 4.69) is 236 Å². The van der Waals surface area contributed by atoms with Crippen LogP contribution < -0.4 is 4.90 Å². The Bertz CT molecular complexity index is 3180. The van der Waals surface area contributed by atoms with Crippen LogP contribution in [-0.4, -0.2) is 4.57 Å². The van der Waals surface area contributed by atoms with Crippen molar-refractivity contribution in [2.45, 2.75) is 78.6 Å². The van der Waals surface area contributed by atoms with Crippen molar-refractivity contribution in [2.24, 2.45) is 0 Å². The van der Waals surface area contributed by atoms with E-state index in [0.717, 1.165) is 5.69 Å². The lowest BCUT2D eigenvalue weighted by molar-refractivity contribution is 0.579. The molecule has 0 N–H and O–H groups in total. The molecule has 0 aliphatic rings. The predicted octanol–water partition coefficient (Wildman–Crippen LogP) is 16.7. The van der Waals surface area contributed by atoms with Gasteiger partial charge in [0, 0.05) is 27.2 Å². The molecule has 60 heavy (non-hydrogen) atoms. The topological polar surface area (TPSA) is 8.17 Å². The highest BCUT2D eigenvalue weighted by atomic mass is 15.1. The van der Waals surface area contributed by atoms with Crippen molar-refractivity contribution in [3.05, 3.63) is 180 Å². The average Bonchev–Trinajstić information content (AvgIpc) is 3.56. The molecule has 0 amide bonds. The van der Waals surface area contributed by atoms with Gasteiger partial charge in [-0.05, 0) is 114 Å². The van der Waals surface area contributed by atoms with E-state index < -0.39 is 0 Å². The summed E-state index contributed by atoms with van der Waals surface area (Å²) in [6.45, 7) is 21.0. The maximum atomic E-state index is 2.54. The highest BCUT2D eigenvalue weighted by molar-refractivity contribution is 6.27. The summed E-state index contributed by atoms with van der Waals surface area (Å²) in [6, 6.07) is 61.7. The van der Waals surface area contributed by atoms with Crippen LogP contribution in [0.15, 0.2) is 164 Å². The lowest BCUT2D eigenvalue weighted by Gasteiger charge is -2.36. The number of para-hydroxylation sites is 3. The molecule has 0 atom stereocenters. The van der Waals surface area contributed by atoms with Crippen LogP contribution in [0, 0.1) is 0 Å². The minimum absolute atomic E-state index is 0.0925. The van der Waals surface area contributed by atoms with E-state index in [1.54, 1.807) is 0 Å². The van der Waals surface area contributed by atoms with E-state index in [4.69, 9.17) is 0 Å². The van der Waals surface area contributed by atoms with Crippen LogP contribution in [0.3, 0.4) is 0 Å². The molecule has 10 aromatic rings. The zero-order valence-corrected chi connectivity index (χ0v) is 36.5. The molecule has 0 saturated heterocycles. The highest BCUT2D eigenvalue weighted by Crippen LogP contribution is 2.50. The van der Waals surface area contributed by atoms with Gasteiger partial charge in [-0.2, -0.15) is 0 Å². The first kappa shape index (κ1) is 37.9. The number of aromatic nitrogens is 1. The number of hydrogen-bond donors (Lipinski definition) is 0. The van der Waals surface area contributed by atoms with Crippen LogP contribution in [-0.2, 0) is 16.2 Å². The number of rotatable bonds is 5. The van der Waals surface area contributed by atoms with Crippen LogP contribution in [0.5, 0.6) is 0 Å². The Morgan fingerprint density at radius 2 is 0.933 bits per heavy atom. The third kappa shape index (κ3) is 6.07. The normalized spacial score (nSPS) is 12.8. The summed E-state index contributed by atoms with van der Waals surface area (Å²) in [5.41, 5.74) is 13.6. The second kappa shape index (κ2) is 13.6. The molecule has 0 radical (unpaired) electrons. The van der Waals surface area contributed by atoms with Crippen molar-refractivity contribution in [3.8, 4) is 16.8 Å². The smallest absolute Gasteiger partial charge is 0.0541 e. The summed E-state index contributed by atoms with van der Waals surface area (Å²) in [6.07, 6.45) is 0. The summed E-state index contributed by atoms with van der Waals surface area (Å²) in [5, 5.41) is 10.2. The van der Waals surface area contributed by atoms with Gasteiger partial charge >= 0.3 is 0 Å². The van der Waals surface area contributed by atoms with Gasteiger partial charge in [-0.15, -0.1) is 0 Å². The number of hydrogen-bond acceptors (Lipinski definition) is 1. The predicted molar refractivity (Wildman–Crippen MR) is 261 cm³/mol. The Labute approximate surface area is 355 Å². The van der Waals surface area contributed by atoms with Crippen molar-refractivity contribution < 1.29 is 0 Å². The molecule has 9 aromatic carbocycles. The fraction of sp³-hybridized carbons (Fsp3) is 0.207. The molecule has 0 aliphatic carbocycles. The Balaban J connectivity index is 1.26. The van der Waals surface area contributed by atoms with E-state index in [1.165, 1.54) is 99.0 Å². The lowest BCUT2D eigenvalue weighted by Crippen LogP contribution is -2.22. The van der Waals surface area contributed by atoms with Crippen molar-refractivity contribution in [1.29, 1.82) is 0 Å². The van der Waals surface area contributed by atoms with Gasteiger partial charge in [0.1, 0.15) is 0 Å². The van der Waals surface area contributed by atoms with Crippen LogP contribution in [0.25, 0.3) is 70.9 Å². The van der Waals surface area contributed by atoms with E-state index in [1.807, 2.05) is 0 Å². The quantitative estimate of drug-likeness (QED) is 0.158. The first-order valence-corrected chi connectivity index (χ1v) is 21.5. The van der Waals surface area contributed by atoms with Crippen molar-refractivity contribution in [3.63, 3.8) is 0 Å². The first-order valence-electron chi connectivity index (χ1n) is 21.5. The van der Waals surface area contributed by atoms with E-state index >= 15 is 0 Å². The van der Waals surface area contributed by atoms with Gasteiger partial charge in [0.2, 0.25) is 0 Å². The van der Waals surface area contributed by atoms with Crippen LogP contribution in [0.4, 0.5) is 17.1 Å². The molecule has 0 fully saturated rings. The largest absolute Gasteiger partial charge is 0.310 e. The molecule has 2 nitrogen and oxygen atoms in total. The lowest BCUT2D eigenvalue weighted by atomic mass is 9.76. The van der Waals surface area contributed by atoms with Gasteiger partial charge in [0.25, 0.3) is 0 Å². The van der Waals surface area contributed by atoms with Crippen molar-refractivity contribution >= 4 is 71.2 Å². The van der Waals surface area contributed by atoms with Crippen molar-refractivity contribution in [2.75, 3.05) is 4.90 Å². The summed E-state index contributed by atoms with van der Waals surface area (Å²) in [7, 11) is 0. The van der Waals surface area contributed by atoms with Crippen LogP contribution in [0.2, 0.25) is 0 Å². The SMILES string of the molecule is CC(C)(C)c1ccc(-c2cc(C(C)(C)C)c(N(c3ccccc3)c3ccc4ccc5c(-n6c7ccccc7c7ccccc76)ccc6ccc3c4c65)cc2C(C)(C)C)cc1. The molecular formula is C58H54N2. The molecular weight excluding hydrogens is 725 g/mol. The number of fused-ring (bicyclic) bond motifs is 3. The maximum absolute atomic E-state index is 2.54. The van der Waals surface area contributed by atoms with Gasteiger partial charge < -0.3 is 9.47 Å². The third-order valence-electron chi connectivity index (χ3n) is 12.7. The van der Waals surface area contributed by atoms with Gasteiger partial charge in [-0.1, -0.05) is 178 Å². The van der Waals surface area contributed by atoms with Gasteiger partial charge in [-0.25, -0.2) is 0 Å². The molecule has 296 valence electrons. The van der Waals surface area contributed by atoms with Gasteiger partial charge in [0.15, 0.2) is 0 Å². The molecule has 1 aromatic heterocycles. The molecule has 0 saturated carbocycles. The molecule has 10 rings (SSSR count). The van der Waals surface area contributed by atoms with Crippen LogP contribution in [0.1, 0.15) is 79.0 Å². The summed E-state index contributed by atoms with van der Waals surface area (Å²) in [4.78, 5) is 2.54. The number of anilines is 3. The summed E-state index contributed by atoms with van der Waals surface area (Å²) >= 11 is 0. The highest BCUT2D eigenvalue weighted by Gasteiger charge is 2.30. The molecule has 0 aliphatic heterocycles. The molecule has 0 bridgehead atoms. The Morgan fingerprint density at radius 1 is 0.400 bits per heavy atom. The fourth-order valence-corrected chi connectivity index (χ4v) is 9.71. The minimum Gasteiger partial charge on any atom is -0.310 e. The Hall–Kier alpha value is -6.38. The number of nitrogens with zero attached hydrogens (tertiary/aromatic N) is 2. The minimum atomic E-state index is -0.153. The summed E-state index contributed by atoms with van der Waals surface area (Å²) < 4.78 is 2.47. The van der Waals surface area contributed by atoms with E-state index in [9.17, 15) is 0 Å². The zero-order valence-electron chi connectivity index (χ0n) is 36.5. The molecule has 0 spiro atoms. The maximum Gasteiger partial charge on any atom is 0.0541 e. The van der Waals surface area contributed by atoms with Gasteiger partial charge in [-0.3, -0.25) is 0 Å². The third-order valence-corrected chi connectivity index (χ3v) is 12.7. The Kier molecular flexibility index (Phi) is 8.57. The molecule has 1 heterocycles. The second-order valence-corrected chi connectivity index (χ2v) is 19.9. The monoisotopic (exact) mass is 778 g/mol. The molecule has 0 unspecified atom stereocenters. The first-order chi connectivity index (χ1) is 28.7. The van der Waals surface area contributed by atoms with E-state index in [0.29, 0.717) is 0 Å².